The van der Waals surface area contributed by atoms with Crippen molar-refractivity contribution in [2.24, 2.45) is 17.6 Å². The molecule has 1 aromatic rings. The molecule has 10 heteroatoms. The van der Waals surface area contributed by atoms with Crippen molar-refractivity contribution in [2.75, 3.05) is 37.3 Å². The van der Waals surface area contributed by atoms with Crippen LogP contribution in [0.3, 0.4) is 0 Å². The Morgan fingerprint density at radius 1 is 1.09 bits per heavy atom. The van der Waals surface area contributed by atoms with Gasteiger partial charge in [-0.1, -0.05) is 24.4 Å². The first-order valence-corrected chi connectivity index (χ1v) is 13.5. The highest BCUT2D eigenvalue weighted by Gasteiger charge is 2.44. The molecule has 176 valence electrons. The van der Waals surface area contributed by atoms with Gasteiger partial charge in [0.25, 0.3) is 0 Å². The average Bonchev–Trinajstić information content (AvgIpc) is 3.48. The molecule has 1 saturated heterocycles. The van der Waals surface area contributed by atoms with Gasteiger partial charge in [-0.15, -0.1) is 0 Å². The van der Waals surface area contributed by atoms with Crippen LogP contribution in [-0.4, -0.2) is 63.2 Å². The number of hydrogen-bond acceptors (Lipinski definition) is 6. The number of piperazine rings is 1. The van der Waals surface area contributed by atoms with Crippen molar-refractivity contribution < 1.29 is 18.0 Å². The number of rotatable bonds is 5. The van der Waals surface area contributed by atoms with Crippen LogP contribution in [0, 0.1) is 11.8 Å². The Balaban J connectivity index is 1.38. The van der Waals surface area contributed by atoms with E-state index in [0.717, 1.165) is 50.5 Å². The van der Waals surface area contributed by atoms with Crippen molar-refractivity contribution in [1.29, 1.82) is 0 Å². The van der Waals surface area contributed by atoms with E-state index >= 15 is 0 Å². The maximum atomic E-state index is 13.3. The molecule has 0 aromatic heterocycles. The highest BCUT2D eigenvalue weighted by atomic mass is 35.5. The summed E-state index contributed by atoms with van der Waals surface area (Å²) >= 11 is 6.19. The van der Waals surface area contributed by atoms with E-state index in [9.17, 15) is 18.0 Å². The van der Waals surface area contributed by atoms with Crippen molar-refractivity contribution in [3.8, 4) is 0 Å². The molecule has 8 nitrogen and oxygen atoms in total. The van der Waals surface area contributed by atoms with E-state index in [1.54, 1.807) is 12.1 Å². The summed E-state index contributed by atoms with van der Waals surface area (Å²) in [6, 6.07) is 4.94. The second kappa shape index (κ2) is 8.83. The Bertz CT molecular complexity index is 1000. The third kappa shape index (κ3) is 5.05. The fraction of sp³-hybridized carbons (Fsp3) is 0.636. The standard InChI is InChI=1S/C22H31ClN4O4S/c1-32(30,31)19-7-6-15(14-18(19)23)26-10-12-27(13-11-26)21(29)17-5-3-2-4-16(17)20(28)25-22(24)8-9-22/h6-7,14,16-17H,2-5,8-13,24H2,1H3,(H,25,28)/t16-,17-/m1/s1. The van der Waals surface area contributed by atoms with Gasteiger partial charge in [0.05, 0.1) is 15.6 Å². The number of hydrogen-bond donors (Lipinski definition) is 2. The van der Waals surface area contributed by atoms with Gasteiger partial charge >= 0.3 is 0 Å². The molecular formula is C22H31ClN4O4S. The van der Waals surface area contributed by atoms with Gasteiger partial charge in [0.2, 0.25) is 11.8 Å². The van der Waals surface area contributed by atoms with Crippen molar-refractivity contribution in [3.63, 3.8) is 0 Å². The molecule has 0 spiro atoms. The van der Waals surface area contributed by atoms with Crippen LogP contribution in [0.5, 0.6) is 0 Å². The number of amides is 2. The summed E-state index contributed by atoms with van der Waals surface area (Å²) in [4.78, 5) is 30.2. The molecule has 0 unspecified atom stereocenters. The van der Waals surface area contributed by atoms with E-state index in [0.29, 0.717) is 26.2 Å². The number of carbonyl (C=O) groups is 2. The van der Waals surface area contributed by atoms with Crippen LogP contribution >= 0.6 is 11.6 Å². The maximum absolute atomic E-state index is 13.3. The first-order valence-electron chi connectivity index (χ1n) is 11.2. The van der Waals surface area contributed by atoms with E-state index in [1.165, 1.54) is 6.07 Å². The molecule has 1 aliphatic heterocycles. The van der Waals surface area contributed by atoms with Crippen molar-refractivity contribution >= 4 is 38.9 Å². The van der Waals surface area contributed by atoms with Crippen molar-refractivity contribution in [1.82, 2.24) is 10.2 Å². The average molecular weight is 483 g/mol. The monoisotopic (exact) mass is 482 g/mol. The van der Waals surface area contributed by atoms with Crippen LogP contribution in [0.2, 0.25) is 5.02 Å². The molecule has 1 heterocycles. The molecular weight excluding hydrogens is 452 g/mol. The van der Waals surface area contributed by atoms with Crippen molar-refractivity contribution in [3.05, 3.63) is 23.2 Å². The predicted molar refractivity (Wildman–Crippen MR) is 123 cm³/mol. The molecule has 2 amide bonds. The summed E-state index contributed by atoms with van der Waals surface area (Å²) in [6.07, 6.45) is 6.09. The highest BCUT2D eigenvalue weighted by molar-refractivity contribution is 7.90. The van der Waals surface area contributed by atoms with Gasteiger partial charge in [-0.3, -0.25) is 9.59 Å². The minimum atomic E-state index is -3.38. The Kier molecular flexibility index (Phi) is 6.44. The van der Waals surface area contributed by atoms with Gasteiger partial charge in [0, 0.05) is 50.0 Å². The van der Waals surface area contributed by atoms with Crippen molar-refractivity contribution in [2.45, 2.75) is 49.1 Å². The second-order valence-electron chi connectivity index (χ2n) is 9.34. The molecule has 0 radical (unpaired) electrons. The van der Waals surface area contributed by atoms with Crippen LogP contribution in [0.1, 0.15) is 38.5 Å². The number of carbonyl (C=O) groups excluding carboxylic acids is 2. The zero-order valence-corrected chi connectivity index (χ0v) is 19.9. The van der Waals surface area contributed by atoms with E-state index in [1.807, 2.05) is 4.90 Å². The molecule has 4 rings (SSSR count). The lowest BCUT2D eigenvalue weighted by atomic mass is 9.77. The second-order valence-corrected chi connectivity index (χ2v) is 11.7. The lowest BCUT2D eigenvalue weighted by Gasteiger charge is -2.40. The third-order valence-corrected chi connectivity index (χ3v) is 8.43. The predicted octanol–water partition coefficient (Wildman–Crippen LogP) is 1.76. The quantitative estimate of drug-likeness (QED) is 0.618. The largest absolute Gasteiger partial charge is 0.368 e. The van der Waals surface area contributed by atoms with E-state index < -0.39 is 15.5 Å². The first kappa shape index (κ1) is 23.3. The number of sulfone groups is 1. The molecule has 2 atom stereocenters. The van der Waals surface area contributed by atoms with Gasteiger partial charge in [0.1, 0.15) is 0 Å². The molecule has 1 aromatic carbocycles. The summed E-state index contributed by atoms with van der Waals surface area (Å²) in [5.74, 6) is -0.627. The van der Waals surface area contributed by atoms with Crippen LogP contribution in [0.15, 0.2) is 23.1 Å². The summed E-state index contributed by atoms with van der Waals surface area (Å²) in [5, 5.41) is 3.14. The summed E-state index contributed by atoms with van der Waals surface area (Å²) in [6.45, 7) is 2.34. The topological polar surface area (TPSA) is 113 Å². The first-order chi connectivity index (χ1) is 15.1. The molecule has 0 bridgehead atoms. The highest BCUT2D eigenvalue weighted by Crippen LogP contribution is 2.35. The van der Waals surface area contributed by atoms with E-state index in [-0.39, 0.29) is 33.6 Å². The lowest BCUT2D eigenvalue weighted by Crippen LogP contribution is -2.54. The molecule has 3 N–H and O–H groups in total. The van der Waals surface area contributed by atoms with Gasteiger partial charge in [-0.2, -0.15) is 0 Å². The molecule has 2 aliphatic carbocycles. The normalized spacial score (nSPS) is 25.3. The Morgan fingerprint density at radius 3 is 2.28 bits per heavy atom. The summed E-state index contributed by atoms with van der Waals surface area (Å²) in [7, 11) is -3.38. The van der Waals surface area contributed by atoms with Gasteiger partial charge in [-0.05, 0) is 43.9 Å². The number of halogens is 1. The molecule has 3 fully saturated rings. The number of nitrogens with two attached hydrogens (primary N) is 1. The summed E-state index contributed by atoms with van der Waals surface area (Å²) in [5.41, 5.74) is 6.32. The zero-order valence-electron chi connectivity index (χ0n) is 18.3. The minimum Gasteiger partial charge on any atom is -0.368 e. The number of anilines is 1. The third-order valence-electron chi connectivity index (χ3n) is 6.85. The van der Waals surface area contributed by atoms with Crippen LogP contribution in [0.25, 0.3) is 0 Å². The van der Waals surface area contributed by atoms with E-state index in [2.05, 4.69) is 10.2 Å². The molecule has 2 saturated carbocycles. The Labute approximate surface area is 194 Å². The van der Waals surface area contributed by atoms with Gasteiger partial charge < -0.3 is 20.9 Å². The fourth-order valence-corrected chi connectivity index (χ4v) is 6.07. The molecule has 3 aliphatic rings. The Hall–Kier alpha value is -1.84. The summed E-state index contributed by atoms with van der Waals surface area (Å²) < 4.78 is 23.6. The van der Waals surface area contributed by atoms with E-state index in [4.69, 9.17) is 17.3 Å². The fourth-order valence-electron chi connectivity index (χ4n) is 4.74. The number of benzene rings is 1. The van der Waals surface area contributed by atoms with Crippen LogP contribution in [-0.2, 0) is 19.4 Å². The lowest BCUT2D eigenvalue weighted by molar-refractivity contribution is -0.144. The SMILES string of the molecule is CS(=O)(=O)c1ccc(N2CCN(C(=O)[C@@H]3CCCC[C@H]3C(=O)NC3(N)CC3)CC2)cc1Cl. The Morgan fingerprint density at radius 2 is 1.72 bits per heavy atom. The maximum Gasteiger partial charge on any atom is 0.226 e. The number of nitrogens with one attached hydrogen (secondary N) is 1. The molecule has 32 heavy (non-hydrogen) atoms. The smallest absolute Gasteiger partial charge is 0.226 e. The minimum absolute atomic E-state index is 0.0526. The van der Waals surface area contributed by atoms with Gasteiger partial charge in [-0.25, -0.2) is 8.42 Å². The van der Waals surface area contributed by atoms with Gasteiger partial charge in [0.15, 0.2) is 9.84 Å². The van der Waals surface area contributed by atoms with Crippen LogP contribution < -0.4 is 16.0 Å². The van der Waals surface area contributed by atoms with Crippen LogP contribution in [0.4, 0.5) is 5.69 Å². The zero-order chi connectivity index (χ0) is 23.1. The number of nitrogens with zero attached hydrogens (tertiary/aromatic N) is 2.